The van der Waals surface area contributed by atoms with E-state index in [0.717, 1.165) is 6.42 Å². The van der Waals surface area contributed by atoms with Crippen LogP contribution in [0.1, 0.15) is 39.5 Å². The average Bonchev–Trinajstić information content (AvgIpc) is 2.45. The number of piperazine rings is 1. The van der Waals surface area contributed by atoms with Gasteiger partial charge in [0.15, 0.2) is 0 Å². The van der Waals surface area contributed by atoms with E-state index in [1.165, 1.54) is 0 Å². The highest BCUT2D eigenvalue weighted by molar-refractivity contribution is 5.79. The lowest BCUT2D eigenvalue weighted by Crippen LogP contribution is -2.57. The maximum absolute atomic E-state index is 13.1. The Morgan fingerprint density at radius 3 is 2.52 bits per heavy atom. The molecule has 1 N–H and O–H groups in total. The summed E-state index contributed by atoms with van der Waals surface area (Å²) in [7, 11) is 0. The molecule has 1 saturated carbocycles. The molecule has 122 valence electrons. The molecule has 0 aromatic rings. The highest BCUT2D eigenvalue weighted by Gasteiger charge is 2.49. The van der Waals surface area contributed by atoms with Crippen molar-refractivity contribution in [2.45, 2.75) is 51.7 Å². The van der Waals surface area contributed by atoms with Crippen molar-refractivity contribution in [1.29, 1.82) is 0 Å². The zero-order valence-electron chi connectivity index (χ0n) is 12.7. The summed E-state index contributed by atoms with van der Waals surface area (Å²) < 4.78 is 39.4. The number of halogens is 3. The average molecular weight is 306 g/mol. The van der Waals surface area contributed by atoms with Crippen molar-refractivity contribution in [1.82, 2.24) is 10.2 Å². The third-order valence-corrected chi connectivity index (χ3v) is 4.83. The van der Waals surface area contributed by atoms with Gasteiger partial charge < -0.3 is 10.2 Å². The Morgan fingerprint density at radius 2 is 1.90 bits per heavy atom. The minimum Gasteiger partial charge on any atom is -0.340 e. The molecule has 0 aromatic carbocycles. The van der Waals surface area contributed by atoms with Gasteiger partial charge in [0, 0.05) is 31.6 Å². The molecule has 2 rings (SSSR count). The van der Waals surface area contributed by atoms with Gasteiger partial charge in [0.2, 0.25) is 5.91 Å². The molecule has 6 heteroatoms. The maximum Gasteiger partial charge on any atom is 0.392 e. The van der Waals surface area contributed by atoms with Crippen LogP contribution in [0.5, 0.6) is 0 Å². The van der Waals surface area contributed by atoms with Gasteiger partial charge in [0.25, 0.3) is 0 Å². The number of carbonyl (C=O) groups excluding carboxylic acids is 1. The number of hydrogen-bond acceptors (Lipinski definition) is 2. The summed E-state index contributed by atoms with van der Waals surface area (Å²) in [5.41, 5.74) is 0. The minimum absolute atomic E-state index is 0.0968. The third-order valence-electron chi connectivity index (χ3n) is 4.83. The van der Waals surface area contributed by atoms with Gasteiger partial charge in [-0.15, -0.1) is 0 Å². The third kappa shape index (κ3) is 3.90. The lowest BCUT2D eigenvalue weighted by molar-refractivity contribution is -0.201. The van der Waals surface area contributed by atoms with Crippen LogP contribution in [0.25, 0.3) is 0 Å². The molecule has 1 saturated heterocycles. The van der Waals surface area contributed by atoms with Crippen LogP contribution >= 0.6 is 0 Å². The van der Waals surface area contributed by atoms with Gasteiger partial charge in [-0.25, -0.2) is 0 Å². The first-order valence-corrected chi connectivity index (χ1v) is 7.89. The van der Waals surface area contributed by atoms with Crippen molar-refractivity contribution in [3.8, 4) is 0 Å². The first-order chi connectivity index (χ1) is 9.80. The largest absolute Gasteiger partial charge is 0.392 e. The minimum atomic E-state index is -4.26. The van der Waals surface area contributed by atoms with E-state index in [0.29, 0.717) is 38.4 Å². The molecule has 3 atom stereocenters. The molecule has 2 fully saturated rings. The molecule has 0 bridgehead atoms. The highest BCUT2D eigenvalue weighted by Crippen LogP contribution is 2.42. The molecule has 21 heavy (non-hydrogen) atoms. The van der Waals surface area contributed by atoms with Crippen molar-refractivity contribution >= 4 is 5.91 Å². The van der Waals surface area contributed by atoms with Gasteiger partial charge in [-0.05, 0) is 18.8 Å². The van der Waals surface area contributed by atoms with Crippen LogP contribution in [0.15, 0.2) is 0 Å². The van der Waals surface area contributed by atoms with Crippen LogP contribution in [0.3, 0.4) is 0 Å². The van der Waals surface area contributed by atoms with Gasteiger partial charge in [-0.3, -0.25) is 4.79 Å². The van der Waals surface area contributed by atoms with Gasteiger partial charge in [0.05, 0.1) is 5.92 Å². The number of amides is 1. The van der Waals surface area contributed by atoms with Crippen molar-refractivity contribution in [3.05, 3.63) is 0 Å². The van der Waals surface area contributed by atoms with E-state index in [-0.39, 0.29) is 18.4 Å². The molecule has 2 aliphatic rings. The van der Waals surface area contributed by atoms with Crippen molar-refractivity contribution in [2.75, 3.05) is 19.6 Å². The van der Waals surface area contributed by atoms with Crippen LogP contribution in [0.4, 0.5) is 13.2 Å². The summed E-state index contributed by atoms with van der Waals surface area (Å²) >= 11 is 0. The fraction of sp³-hybridized carbons (Fsp3) is 0.933. The fourth-order valence-corrected chi connectivity index (χ4v) is 3.48. The van der Waals surface area contributed by atoms with E-state index >= 15 is 0 Å². The number of hydrogen-bond donors (Lipinski definition) is 1. The fourth-order valence-electron chi connectivity index (χ4n) is 3.48. The zero-order chi connectivity index (χ0) is 15.6. The maximum atomic E-state index is 13.1. The molecular weight excluding hydrogens is 281 g/mol. The quantitative estimate of drug-likeness (QED) is 0.851. The van der Waals surface area contributed by atoms with Crippen LogP contribution in [0.2, 0.25) is 0 Å². The van der Waals surface area contributed by atoms with Gasteiger partial charge >= 0.3 is 6.18 Å². The van der Waals surface area contributed by atoms with E-state index in [4.69, 9.17) is 0 Å². The van der Waals surface area contributed by atoms with Crippen LogP contribution < -0.4 is 5.32 Å². The second-order valence-electron chi connectivity index (χ2n) is 6.63. The number of alkyl halides is 3. The standard InChI is InChI=1S/C15H25F3N2O/c1-10(2)13-9-20(8-7-19-13)14(21)11-5-3-4-6-12(11)15(16,17)18/h10-13,19H,3-9H2,1-2H3/t11-,12+,13-/m1/s1. The summed E-state index contributed by atoms with van der Waals surface area (Å²) in [5, 5.41) is 3.33. The summed E-state index contributed by atoms with van der Waals surface area (Å²) in [5.74, 6) is -2.25. The number of carbonyl (C=O) groups is 1. The Labute approximate surface area is 124 Å². The van der Waals surface area contributed by atoms with Gasteiger partial charge in [0.1, 0.15) is 0 Å². The first kappa shape index (κ1) is 16.6. The molecule has 1 aliphatic heterocycles. The molecule has 1 heterocycles. The van der Waals surface area contributed by atoms with E-state index < -0.39 is 18.0 Å². The monoisotopic (exact) mass is 306 g/mol. The Morgan fingerprint density at radius 1 is 1.24 bits per heavy atom. The predicted molar refractivity (Wildman–Crippen MR) is 74.7 cm³/mol. The Bertz CT molecular complexity index is 370. The SMILES string of the molecule is CC(C)[C@H]1CN(C(=O)[C@@H]2CCCC[C@@H]2C(F)(F)F)CCN1. The van der Waals surface area contributed by atoms with E-state index in [1.54, 1.807) is 4.90 Å². The summed E-state index contributed by atoms with van der Waals surface area (Å²) in [6, 6.07) is 0.177. The molecule has 0 unspecified atom stereocenters. The second-order valence-corrected chi connectivity index (χ2v) is 6.63. The highest BCUT2D eigenvalue weighted by atomic mass is 19.4. The van der Waals surface area contributed by atoms with Crippen molar-refractivity contribution in [2.24, 2.45) is 17.8 Å². The number of nitrogens with one attached hydrogen (secondary N) is 1. The number of nitrogens with zero attached hydrogens (tertiary/aromatic N) is 1. The molecule has 3 nitrogen and oxygen atoms in total. The lowest BCUT2D eigenvalue weighted by Gasteiger charge is -2.40. The van der Waals surface area contributed by atoms with E-state index in [1.807, 2.05) is 0 Å². The number of rotatable bonds is 2. The molecular formula is C15H25F3N2O. The Kier molecular flexibility index (Phi) is 5.17. The van der Waals surface area contributed by atoms with Crippen LogP contribution in [-0.4, -0.2) is 42.7 Å². The Hall–Kier alpha value is -0.780. The molecule has 1 amide bonds. The Balaban J connectivity index is 2.06. The van der Waals surface area contributed by atoms with Crippen molar-refractivity contribution < 1.29 is 18.0 Å². The second kappa shape index (κ2) is 6.55. The summed E-state index contributed by atoms with van der Waals surface area (Å²) in [4.78, 5) is 14.2. The first-order valence-electron chi connectivity index (χ1n) is 7.89. The molecule has 0 spiro atoms. The van der Waals surface area contributed by atoms with Gasteiger partial charge in [-0.1, -0.05) is 26.7 Å². The van der Waals surface area contributed by atoms with E-state index in [9.17, 15) is 18.0 Å². The predicted octanol–water partition coefficient (Wildman–Crippen LogP) is 2.81. The van der Waals surface area contributed by atoms with E-state index in [2.05, 4.69) is 19.2 Å². The molecule has 0 radical (unpaired) electrons. The topological polar surface area (TPSA) is 32.3 Å². The van der Waals surface area contributed by atoms with Crippen LogP contribution in [-0.2, 0) is 4.79 Å². The summed E-state index contributed by atoms with van der Waals surface area (Å²) in [6.07, 6.45) is -2.49. The molecule has 1 aliphatic carbocycles. The summed E-state index contributed by atoms with van der Waals surface area (Å²) in [6.45, 7) is 5.83. The van der Waals surface area contributed by atoms with Crippen LogP contribution in [0, 0.1) is 17.8 Å². The van der Waals surface area contributed by atoms with Gasteiger partial charge in [-0.2, -0.15) is 13.2 Å². The normalized spacial score (nSPS) is 31.5. The van der Waals surface area contributed by atoms with Crippen molar-refractivity contribution in [3.63, 3.8) is 0 Å². The zero-order valence-corrected chi connectivity index (χ0v) is 12.7. The smallest absolute Gasteiger partial charge is 0.340 e. The lowest BCUT2D eigenvalue weighted by atomic mass is 9.77. The molecule has 0 aromatic heterocycles.